The van der Waals surface area contributed by atoms with Gasteiger partial charge in [-0.05, 0) is 48.7 Å². The molecule has 0 fully saturated rings. The van der Waals surface area contributed by atoms with E-state index < -0.39 is 22.1 Å². The van der Waals surface area contributed by atoms with Gasteiger partial charge in [0.05, 0.1) is 10.9 Å². The van der Waals surface area contributed by atoms with Crippen molar-refractivity contribution in [1.82, 2.24) is 19.6 Å². The molecule has 0 aliphatic heterocycles. The lowest BCUT2D eigenvalue weighted by Crippen LogP contribution is -2.42. The van der Waals surface area contributed by atoms with Gasteiger partial charge in [-0.2, -0.15) is 0 Å². The average molecular weight is 539 g/mol. The zero-order valence-electron chi connectivity index (χ0n) is 18.4. The van der Waals surface area contributed by atoms with Crippen LogP contribution in [-0.4, -0.2) is 24.0 Å². The second kappa shape index (κ2) is 10.2. The second-order valence-corrected chi connectivity index (χ2v) is 10.3. The molecule has 3 aromatic carbocycles. The maximum Gasteiger partial charge on any atom is 0.329 e. The number of aromatic nitrogens is 2. The minimum absolute atomic E-state index is 0.0559. The molecule has 0 saturated carbocycles. The lowest BCUT2D eigenvalue weighted by Gasteiger charge is -2.21. The summed E-state index contributed by atoms with van der Waals surface area (Å²) in [6.45, 7) is 1.68. The van der Waals surface area contributed by atoms with E-state index in [0.717, 1.165) is 15.7 Å². The highest BCUT2D eigenvalue weighted by molar-refractivity contribution is 9.10. The van der Waals surface area contributed by atoms with Crippen molar-refractivity contribution in [2.75, 3.05) is 0 Å². The van der Waals surface area contributed by atoms with Gasteiger partial charge >= 0.3 is 6.03 Å². The van der Waals surface area contributed by atoms with E-state index in [1.54, 1.807) is 37.5 Å². The van der Waals surface area contributed by atoms with E-state index in [-0.39, 0.29) is 4.90 Å². The maximum absolute atomic E-state index is 12.9. The van der Waals surface area contributed by atoms with E-state index in [0.29, 0.717) is 17.8 Å². The Morgan fingerprint density at radius 3 is 2.50 bits per heavy atom. The number of nitrogens with one attached hydrogen (secondary N) is 2. The van der Waals surface area contributed by atoms with E-state index in [1.807, 2.05) is 59.2 Å². The predicted octanol–water partition coefficient (Wildman–Crippen LogP) is 4.92. The molecule has 1 atom stereocenters. The van der Waals surface area contributed by atoms with E-state index >= 15 is 0 Å². The Hall–Kier alpha value is -3.43. The molecule has 4 aromatic rings. The Kier molecular flexibility index (Phi) is 7.14. The summed E-state index contributed by atoms with van der Waals surface area (Å²) in [6, 6.07) is 22.4. The minimum atomic E-state index is -4.04. The van der Waals surface area contributed by atoms with Crippen LogP contribution in [0.1, 0.15) is 23.0 Å². The van der Waals surface area contributed by atoms with Gasteiger partial charge in [0, 0.05) is 22.6 Å². The number of imidazole rings is 1. The summed E-state index contributed by atoms with van der Waals surface area (Å²) in [6.07, 6.45) is 3.88. The van der Waals surface area contributed by atoms with Crippen LogP contribution in [0.4, 0.5) is 4.79 Å². The number of halogens is 1. The molecule has 174 valence electrons. The summed E-state index contributed by atoms with van der Waals surface area (Å²) >= 11 is 3.48. The van der Waals surface area contributed by atoms with Crippen LogP contribution < -0.4 is 10.0 Å². The number of sulfonamides is 1. The number of amides is 2. The average Bonchev–Trinajstić information content (AvgIpc) is 3.29. The zero-order valence-corrected chi connectivity index (χ0v) is 20.8. The first-order valence-corrected chi connectivity index (χ1v) is 12.8. The predicted molar refractivity (Wildman–Crippen MR) is 134 cm³/mol. The van der Waals surface area contributed by atoms with Gasteiger partial charge in [-0.25, -0.2) is 22.9 Å². The van der Waals surface area contributed by atoms with Crippen LogP contribution in [0.5, 0.6) is 0 Å². The van der Waals surface area contributed by atoms with E-state index in [4.69, 9.17) is 0 Å². The SMILES string of the molecule is Cc1ccccc1S(=O)(=O)NC(=O)NC(Cc1ccccc1)c1nccn1-c1cccc(Br)c1. The molecule has 1 heterocycles. The highest BCUT2D eigenvalue weighted by Gasteiger charge is 2.25. The van der Waals surface area contributed by atoms with Crippen LogP contribution in [-0.2, 0) is 16.4 Å². The van der Waals surface area contributed by atoms with Gasteiger partial charge in [0.2, 0.25) is 0 Å². The van der Waals surface area contributed by atoms with Crippen molar-refractivity contribution >= 4 is 32.0 Å². The first-order valence-electron chi connectivity index (χ1n) is 10.6. The fraction of sp³-hybridized carbons (Fsp3) is 0.120. The molecule has 4 rings (SSSR count). The van der Waals surface area contributed by atoms with Crippen molar-refractivity contribution in [3.63, 3.8) is 0 Å². The summed E-state index contributed by atoms with van der Waals surface area (Å²) < 4.78 is 30.5. The molecular formula is C25H23BrN4O3S. The Bertz CT molecular complexity index is 1400. The number of benzene rings is 3. The molecule has 0 bridgehead atoms. The second-order valence-electron chi connectivity index (χ2n) is 7.72. The highest BCUT2D eigenvalue weighted by Crippen LogP contribution is 2.23. The van der Waals surface area contributed by atoms with Crippen molar-refractivity contribution in [2.24, 2.45) is 0 Å². The van der Waals surface area contributed by atoms with Crippen LogP contribution in [0.3, 0.4) is 0 Å². The lowest BCUT2D eigenvalue weighted by atomic mass is 10.1. The molecule has 0 radical (unpaired) electrons. The maximum atomic E-state index is 12.9. The van der Waals surface area contributed by atoms with E-state index in [2.05, 4.69) is 31.0 Å². The summed E-state index contributed by atoms with van der Waals surface area (Å²) in [5.74, 6) is 0.574. The molecule has 9 heteroatoms. The third kappa shape index (κ3) is 5.55. The van der Waals surface area contributed by atoms with Gasteiger partial charge in [-0.3, -0.25) is 0 Å². The van der Waals surface area contributed by atoms with Gasteiger partial charge in [-0.15, -0.1) is 0 Å². The van der Waals surface area contributed by atoms with Gasteiger partial charge in [0.25, 0.3) is 10.0 Å². The van der Waals surface area contributed by atoms with Crippen LogP contribution in [0.25, 0.3) is 5.69 Å². The van der Waals surface area contributed by atoms with Crippen molar-refractivity contribution < 1.29 is 13.2 Å². The topological polar surface area (TPSA) is 93.1 Å². The van der Waals surface area contributed by atoms with Crippen molar-refractivity contribution in [2.45, 2.75) is 24.3 Å². The molecule has 34 heavy (non-hydrogen) atoms. The Labute approximate surface area is 207 Å². The number of carbonyl (C=O) groups excluding carboxylic acids is 1. The first kappa shape index (κ1) is 23.7. The summed E-state index contributed by atoms with van der Waals surface area (Å²) in [4.78, 5) is 17.4. The fourth-order valence-electron chi connectivity index (χ4n) is 3.70. The van der Waals surface area contributed by atoms with Crippen LogP contribution in [0.2, 0.25) is 0 Å². The highest BCUT2D eigenvalue weighted by atomic mass is 79.9. The van der Waals surface area contributed by atoms with E-state index in [1.165, 1.54) is 6.07 Å². The Morgan fingerprint density at radius 1 is 1.03 bits per heavy atom. The minimum Gasteiger partial charge on any atom is -0.327 e. The summed E-state index contributed by atoms with van der Waals surface area (Å²) in [7, 11) is -4.04. The number of aryl methyl sites for hydroxylation is 1. The molecule has 7 nitrogen and oxygen atoms in total. The lowest BCUT2D eigenvalue weighted by molar-refractivity contribution is 0.241. The van der Waals surface area contributed by atoms with Crippen LogP contribution in [0.15, 0.2) is 101 Å². The molecule has 0 aliphatic carbocycles. The Balaban J connectivity index is 1.64. The number of carbonyl (C=O) groups is 1. The van der Waals surface area contributed by atoms with Gasteiger partial charge in [0.1, 0.15) is 5.82 Å². The number of rotatable bonds is 7. The fourth-order valence-corrected chi connectivity index (χ4v) is 5.25. The van der Waals surface area contributed by atoms with Crippen molar-refractivity contribution in [1.29, 1.82) is 0 Å². The van der Waals surface area contributed by atoms with Crippen molar-refractivity contribution in [3.8, 4) is 5.69 Å². The Morgan fingerprint density at radius 2 is 1.76 bits per heavy atom. The van der Waals surface area contributed by atoms with Gasteiger partial charge in [0.15, 0.2) is 0 Å². The molecule has 1 aromatic heterocycles. The normalized spacial score (nSPS) is 12.2. The number of hydrogen-bond donors (Lipinski definition) is 2. The molecule has 0 spiro atoms. The molecule has 0 aliphatic rings. The summed E-state index contributed by atoms with van der Waals surface area (Å²) in [5, 5.41) is 2.81. The number of hydrogen-bond acceptors (Lipinski definition) is 4. The van der Waals surface area contributed by atoms with Crippen molar-refractivity contribution in [3.05, 3.63) is 113 Å². The quantitative estimate of drug-likeness (QED) is 0.349. The monoisotopic (exact) mass is 538 g/mol. The standard InChI is InChI=1S/C25H23BrN4O3S/c1-18-8-5-6-13-23(18)34(32,33)29-25(31)28-22(16-19-9-3-2-4-10-19)24-27-14-15-30(24)21-12-7-11-20(26)17-21/h2-15,17,22H,16H2,1H3,(H2,28,29,31). The first-order chi connectivity index (χ1) is 16.3. The molecule has 0 saturated heterocycles. The van der Waals surface area contributed by atoms with Crippen LogP contribution >= 0.6 is 15.9 Å². The summed E-state index contributed by atoms with van der Waals surface area (Å²) in [5.41, 5.74) is 2.38. The number of nitrogens with zero attached hydrogens (tertiary/aromatic N) is 2. The third-order valence-corrected chi connectivity index (χ3v) is 7.25. The van der Waals surface area contributed by atoms with Crippen LogP contribution in [0, 0.1) is 6.92 Å². The van der Waals surface area contributed by atoms with Gasteiger partial charge < -0.3 is 9.88 Å². The third-order valence-electron chi connectivity index (χ3n) is 5.27. The molecule has 2 N–H and O–H groups in total. The van der Waals surface area contributed by atoms with Gasteiger partial charge in [-0.1, -0.05) is 70.5 Å². The number of urea groups is 1. The molecule has 2 amide bonds. The smallest absolute Gasteiger partial charge is 0.327 e. The van der Waals surface area contributed by atoms with E-state index in [9.17, 15) is 13.2 Å². The largest absolute Gasteiger partial charge is 0.329 e. The molecular weight excluding hydrogens is 516 g/mol. The molecule has 1 unspecified atom stereocenters. The zero-order chi connectivity index (χ0) is 24.1.